The SMILES string of the molecule is Cl.NCc1cc(NC(=O)C2CCOC2)cc(C(F)(F)F)c1. The normalized spacial score (nSPS) is 18.2. The number of hydrogen-bond acceptors (Lipinski definition) is 3. The molecule has 1 aromatic rings. The van der Waals surface area contributed by atoms with Gasteiger partial charge in [-0.3, -0.25) is 4.79 Å². The number of alkyl halides is 3. The molecule has 1 unspecified atom stereocenters. The Morgan fingerprint density at radius 3 is 2.62 bits per heavy atom. The van der Waals surface area contributed by atoms with Gasteiger partial charge in [0.15, 0.2) is 0 Å². The molecule has 4 nitrogen and oxygen atoms in total. The lowest BCUT2D eigenvalue weighted by molar-refractivity contribution is -0.137. The molecule has 118 valence electrons. The summed E-state index contributed by atoms with van der Waals surface area (Å²) in [5.74, 6) is -0.643. The van der Waals surface area contributed by atoms with Crippen molar-refractivity contribution >= 4 is 24.0 Å². The minimum absolute atomic E-state index is 0. The van der Waals surface area contributed by atoms with Gasteiger partial charge in [-0.05, 0) is 30.2 Å². The second-order valence-electron chi connectivity index (χ2n) is 4.67. The van der Waals surface area contributed by atoms with Crippen LogP contribution >= 0.6 is 12.4 Å². The minimum Gasteiger partial charge on any atom is -0.381 e. The first-order chi connectivity index (χ1) is 9.40. The van der Waals surface area contributed by atoms with Gasteiger partial charge >= 0.3 is 6.18 Å². The first-order valence-electron chi connectivity index (χ1n) is 6.20. The van der Waals surface area contributed by atoms with Crippen LogP contribution in [0, 0.1) is 5.92 Å². The van der Waals surface area contributed by atoms with Gasteiger partial charge in [0.1, 0.15) is 0 Å². The van der Waals surface area contributed by atoms with Crippen molar-refractivity contribution in [1.82, 2.24) is 0 Å². The number of rotatable bonds is 3. The van der Waals surface area contributed by atoms with Crippen LogP contribution in [0.1, 0.15) is 17.5 Å². The van der Waals surface area contributed by atoms with Crippen molar-refractivity contribution < 1.29 is 22.7 Å². The Hall–Kier alpha value is -1.31. The maximum Gasteiger partial charge on any atom is 0.416 e. The second kappa shape index (κ2) is 7.11. The summed E-state index contributed by atoms with van der Waals surface area (Å²) in [6, 6.07) is 3.34. The summed E-state index contributed by atoms with van der Waals surface area (Å²) < 4.78 is 43.3. The molecule has 1 atom stereocenters. The zero-order valence-corrected chi connectivity index (χ0v) is 11.9. The lowest BCUT2D eigenvalue weighted by atomic mass is 10.1. The lowest BCUT2D eigenvalue weighted by Crippen LogP contribution is -2.23. The summed E-state index contributed by atoms with van der Waals surface area (Å²) in [5, 5.41) is 2.50. The molecule has 1 aromatic carbocycles. The Kier molecular flexibility index (Phi) is 6.00. The van der Waals surface area contributed by atoms with Crippen LogP contribution in [0.25, 0.3) is 0 Å². The lowest BCUT2D eigenvalue weighted by Gasteiger charge is -2.14. The molecule has 1 heterocycles. The van der Waals surface area contributed by atoms with Gasteiger partial charge < -0.3 is 15.8 Å². The van der Waals surface area contributed by atoms with E-state index < -0.39 is 11.7 Å². The third-order valence-corrected chi connectivity index (χ3v) is 3.12. The van der Waals surface area contributed by atoms with Gasteiger partial charge in [-0.15, -0.1) is 12.4 Å². The van der Waals surface area contributed by atoms with E-state index in [0.29, 0.717) is 25.2 Å². The van der Waals surface area contributed by atoms with E-state index in [4.69, 9.17) is 10.5 Å². The molecule has 3 N–H and O–H groups in total. The van der Waals surface area contributed by atoms with Gasteiger partial charge in [0.2, 0.25) is 5.91 Å². The van der Waals surface area contributed by atoms with E-state index in [1.807, 2.05) is 0 Å². The van der Waals surface area contributed by atoms with E-state index in [0.717, 1.165) is 12.1 Å². The number of benzene rings is 1. The topological polar surface area (TPSA) is 64.3 Å². The number of ether oxygens (including phenoxy) is 1. The Morgan fingerprint density at radius 1 is 1.38 bits per heavy atom. The van der Waals surface area contributed by atoms with Crippen molar-refractivity contribution in [3.05, 3.63) is 29.3 Å². The van der Waals surface area contributed by atoms with Crippen molar-refractivity contribution in [2.24, 2.45) is 11.7 Å². The standard InChI is InChI=1S/C13H15F3N2O2.ClH/c14-13(15,16)10-3-8(6-17)4-11(5-10)18-12(19)9-1-2-20-7-9;/h3-5,9H,1-2,6-7,17H2,(H,18,19);1H. The zero-order valence-electron chi connectivity index (χ0n) is 11.1. The molecule has 0 aliphatic carbocycles. The van der Waals surface area contributed by atoms with Crippen molar-refractivity contribution in [1.29, 1.82) is 0 Å². The van der Waals surface area contributed by atoms with E-state index in [1.54, 1.807) is 0 Å². The van der Waals surface area contributed by atoms with Gasteiger partial charge in [0.05, 0.1) is 18.1 Å². The smallest absolute Gasteiger partial charge is 0.381 e. The number of carbonyl (C=O) groups is 1. The summed E-state index contributed by atoms with van der Waals surface area (Å²) in [5.41, 5.74) is 4.99. The highest BCUT2D eigenvalue weighted by Gasteiger charge is 2.31. The second-order valence-corrected chi connectivity index (χ2v) is 4.67. The molecule has 1 fully saturated rings. The van der Waals surface area contributed by atoms with Crippen LogP contribution in [-0.2, 0) is 22.3 Å². The van der Waals surface area contributed by atoms with Crippen molar-refractivity contribution in [2.75, 3.05) is 18.5 Å². The van der Waals surface area contributed by atoms with Crippen LogP contribution in [0.4, 0.5) is 18.9 Å². The summed E-state index contributed by atoms with van der Waals surface area (Å²) in [6.45, 7) is 0.766. The maximum atomic E-state index is 12.7. The molecule has 1 aliphatic rings. The molecule has 1 amide bonds. The van der Waals surface area contributed by atoms with Crippen LogP contribution in [0.2, 0.25) is 0 Å². The molecule has 1 aliphatic heterocycles. The molecule has 1 saturated heterocycles. The third kappa shape index (κ3) is 4.59. The average Bonchev–Trinajstić information content (AvgIpc) is 2.91. The molecule has 0 radical (unpaired) electrons. The van der Waals surface area contributed by atoms with Crippen molar-refractivity contribution in [3.8, 4) is 0 Å². The summed E-state index contributed by atoms with van der Waals surface area (Å²) in [7, 11) is 0. The molecule has 0 aromatic heterocycles. The monoisotopic (exact) mass is 324 g/mol. The third-order valence-electron chi connectivity index (χ3n) is 3.12. The van der Waals surface area contributed by atoms with E-state index in [2.05, 4.69) is 5.32 Å². The highest BCUT2D eigenvalue weighted by Crippen LogP contribution is 2.32. The predicted molar refractivity (Wildman–Crippen MR) is 74.1 cm³/mol. The van der Waals surface area contributed by atoms with E-state index in [-0.39, 0.29) is 36.5 Å². The van der Waals surface area contributed by atoms with Crippen LogP contribution < -0.4 is 11.1 Å². The number of carbonyl (C=O) groups excluding carboxylic acids is 1. The van der Waals surface area contributed by atoms with Crippen LogP contribution in [0.15, 0.2) is 18.2 Å². The number of anilines is 1. The molecule has 8 heteroatoms. The summed E-state index contributed by atoms with van der Waals surface area (Å²) in [4.78, 5) is 11.9. The highest BCUT2D eigenvalue weighted by atomic mass is 35.5. The van der Waals surface area contributed by atoms with Gasteiger partial charge in [0.25, 0.3) is 0 Å². The number of halogens is 4. The van der Waals surface area contributed by atoms with E-state index >= 15 is 0 Å². The minimum atomic E-state index is -4.47. The van der Waals surface area contributed by atoms with Gasteiger partial charge in [-0.1, -0.05) is 0 Å². The number of nitrogens with two attached hydrogens (primary N) is 1. The fourth-order valence-electron chi connectivity index (χ4n) is 2.03. The number of amides is 1. The highest BCUT2D eigenvalue weighted by molar-refractivity contribution is 5.93. The fraction of sp³-hybridized carbons (Fsp3) is 0.462. The number of hydrogen-bond donors (Lipinski definition) is 2. The van der Waals surface area contributed by atoms with E-state index in [1.165, 1.54) is 6.07 Å². The summed E-state index contributed by atoms with van der Waals surface area (Å²) >= 11 is 0. The largest absolute Gasteiger partial charge is 0.416 e. The Labute approximate surface area is 126 Å². The van der Waals surface area contributed by atoms with E-state index in [9.17, 15) is 18.0 Å². The number of nitrogens with one attached hydrogen (secondary N) is 1. The predicted octanol–water partition coefficient (Wildman–Crippen LogP) is 2.56. The Balaban J connectivity index is 0.00000220. The molecule has 0 saturated carbocycles. The van der Waals surface area contributed by atoms with Crippen LogP contribution in [0.5, 0.6) is 0 Å². The molecule has 2 rings (SSSR count). The molecule has 21 heavy (non-hydrogen) atoms. The van der Waals surface area contributed by atoms with Crippen molar-refractivity contribution in [2.45, 2.75) is 19.1 Å². The van der Waals surface area contributed by atoms with Gasteiger partial charge in [-0.25, -0.2) is 0 Å². The van der Waals surface area contributed by atoms with Gasteiger partial charge in [-0.2, -0.15) is 13.2 Å². The first kappa shape index (κ1) is 17.7. The van der Waals surface area contributed by atoms with Gasteiger partial charge in [0, 0.05) is 18.8 Å². The van der Waals surface area contributed by atoms with Crippen LogP contribution in [0.3, 0.4) is 0 Å². The summed E-state index contributed by atoms with van der Waals surface area (Å²) in [6.07, 6.45) is -3.89. The fourth-order valence-corrected chi connectivity index (χ4v) is 2.03. The first-order valence-corrected chi connectivity index (χ1v) is 6.20. The van der Waals surface area contributed by atoms with Crippen LogP contribution in [-0.4, -0.2) is 19.1 Å². The molecular formula is C13H16ClF3N2O2. The molecular weight excluding hydrogens is 309 g/mol. The maximum absolute atomic E-state index is 12.7. The average molecular weight is 325 g/mol. The molecule has 0 spiro atoms. The Bertz CT molecular complexity index is 503. The Morgan fingerprint density at radius 2 is 2.10 bits per heavy atom. The molecule has 0 bridgehead atoms. The van der Waals surface area contributed by atoms with Crippen molar-refractivity contribution in [3.63, 3.8) is 0 Å². The quantitative estimate of drug-likeness (QED) is 0.898. The zero-order chi connectivity index (χ0) is 14.8.